The third-order valence-electron chi connectivity index (χ3n) is 20.2. The number of rotatable bonds is 12. The van der Waals surface area contributed by atoms with Crippen molar-refractivity contribution < 1.29 is 0 Å². The van der Waals surface area contributed by atoms with Gasteiger partial charge in [0.25, 0.3) is 6.71 Å². The molecule has 0 unspecified atom stereocenters. The molecule has 0 amide bonds. The molecular weight excluding hydrogens is 1170 g/mol. The molecule has 2 aliphatic heterocycles. The largest absolute Gasteiger partial charge is 0.311 e. The zero-order chi connectivity index (χ0) is 63.0. The molecule has 1 aromatic heterocycles. The Bertz CT molecular complexity index is 5040. The number of anilines is 6. The van der Waals surface area contributed by atoms with Crippen LogP contribution in [0, 0.1) is 0 Å². The number of para-hydroxylation sites is 3. The van der Waals surface area contributed by atoms with Crippen LogP contribution >= 0.6 is 0 Å². The third kappa shape index (κ3) is 8.99. The van der Waals surface area contributed by atoms with Crippen LogP contribution in [0.5, 0.6) is 0 Å². The molecule has 2 aliphatic rings. The van der Waals surface area contributed by atoms with Crippen molar-refractivity contribution >= 4 is 137 Å². The minimum atomic E-state index is -3.00. The minimum Gasteiger partial charge on any atom is -0.311 e. The monoisotopic (exact) mass is 1230 g/mol. The molecule has 14 aromatic carbocycles. The van der Waals surface area contributed by atoms with Gasteiger partial charge in [0.1, 0.15) is 0 Å². The fourth-order valence-electron chi connectivity index (χ4n) is 16.1. The van der Waals surface area contributed by atoms with Gasteiger partial charge >= 0.3 is 0 Å². The highest BCUT2D eigenvalue weighted by Crippen LogP contribution is 2.47. The van der Waals surface area contributed by atoms with Crippen LogP contribution in [-0.4, -0.2) is 27.4 Å². The van der Waals surface area contributed by atoms with Crippen molar-refractivity contribution in [3.8, 4) is 16.8 Å². The lowest BCUT2D eigenvalue weighted by Gasteiger charge is -2.45. The molecule has 94 heavy (non-hydrogen) atoms. The van der Waals surface area contributed by atoms with Gasteiger partial charge in [0, 0.05) is 44.9 Å². The van der Waals surface area contributed by atoms with E-state index in [1.165, 1.54) is 108 Å². The molecule has 17 rings (SSSR count). The quantitative estimate of drug-likeness (QED) is 0.0892. The maximum Gasteiger partial charge on any atom is 0.252 e. The van der Waals surface area contributed by atoms with E-state index in [2.05, 4.69) is 393 Å². The van der Waals surface area contributed by atoms with Crippen LogP contribution in [0.15, 0.2) is 358 Å². The molecule has 0 atom stereocenters. The standard InChI is InChI=1S/C88H68BN3Si2/c1-88(2,3)64-54-52-63(53-55-64)76-46-29-51-83-86(76)89-79-47-24-27-50-82(79)91(66-30-28-43-75(60-66)94(71-37-16-7-17-38-71,72-39-18-8-19-40-72)73-41-20-9-21-42-73)85-62-67(92-80-48-25-22-44-77(80)78-45-23-26-49-81(78)92)61-84(87(85)89)90(83)65-56-58-74(59-57-65)93(68-31-10-4-11-32-68,69-33-12-5-13-34-69)70-35-14-6-15-36-70/h4-62H,1-3H3. The maximum atomic E-state index is 2.62. The number of fused-ring (bicyclic) bond motifs is 7. The Kier molecular flexibility index (Phi) is 13.9. The van der Waals surface area contributed by atoms with Crippen LogP contribution in [0.4, 0.5) is 34.1 Å². The Morgan fingerprint density at radius 3 is 1.16 bits per heavy atom. The molecule has 6 heteroatoms. The van der Waals surface area contributed by atoms with Gasteiger partial charge in [-0.3, -0.25) is 0 Å². The number of hydrogen-bond acceptors (Lipinski definition) is 2. The molecular formula is C88H68BN3Si2. The highest BCUT2D eigenvalue weighted by Gasteiger charge is 2.47. The maximum absolute atomic E-state index is 3.00. The topological polar surface area (TPSA) is 11.4 Å². The fraction of sp³-hybridized carbons (Fsp3) is 0.0455. The van der Waals surface area contributed by atoms with E-state index in [0.717, 1.165) is 28.4 Å². The van der Waals surface area contributed by atoms with E-state index in [4.69, 9.17) is 0 Å². The molecule has 0 radical (unpaired) electrons. The molecule has 0 spiro atoms. The van der Waals surface area contributed by atoms with Crippen LogP contribution in [-0.2, 0) is 5.41 Å². The van der Waals surface area contributed by atoms with Crippen LogP contribution in [0.25, 0.3) is 38.6 Å². The smallest absolute Gasteiger partial charge is 0.252 e. The summed E-state index contributed by atoms with van der Waals surface area (Å²) in [4.78, 5) is 5.24. The summed E-state index contributed by atoms with van der Waals surface area (Å²) in [5.41, 5.74) is 17.8. The molecule has 3 heterocycles. The van der Waals surface area contributed by atoms with Crippen molar-refractivity contribution in [1.29, 1.82) is 0 Å². The Morgan fingerprint density at radius 2 is 0.670 bits per heavy atom. The molecule has 15 aromatic rings. The lowest BCUT2D eigenvalue weighted by Crippen LogP contribution is -2.74. The van der Waals surface area contributed by atoms with Crippen molar-refractivity contribution in [1.82, 2.24) is 4.57 Å². The fourth-order valence-corrected chi connectivity index (χ4v) is 25.7. The lowest BCUT2D eigenvalue weighted by molar-refractivity contribution is 0.590. The molecule has 0 N–H and O–H groups in total. The summed E-state index contributed by atoms with van der Waals surface area (Å²) in [7, 11) is -5.89. The van der Waals surface area contributed by atoms with Crippen LogP contribution < -0.4 is 67.7 Å². The summed E-state index contributed by atoms with van der Waals surface area (Å²) < 4.78 is 2.52. The van der Waals surface area contributed by atoms with E-state index in [1.54, 1.807) is 0 Å². The van der Waals surface area contributed by atoms with Crippen LogP contribution in [0.1, 0.15) is 26.3 Å². The Hall–Kier alpha value is -11.0. The van der Waals surface area contributed by atoms with E-state index in [1.807, 2.05) is 0 Å². The van der Waals surface area contributed by atoms with Crippen LogP contribution in [0.3, 0.4) is 0 Å². The first kappa shape index (κ1) is 56.9. The van der Waals surface area contributed by atoms with Crippen molar-refractivity contribution in [3.05, 3.63) is 363 Å². The predicted octanol–water partition coefficient (Wildman–Crippen LogP) is 14.6. The van der Waals surface area contributed by atoms with Gasteiger partial charge in [0.05, 0.1) is 16.7 Å². The molecule has 0 saturated heterocycles. The summed E-state index contributed by atoms with van der Waals surface area (Å²) in [6.45, 7) is 6.77. The molecule has 0 bridgehead atoms. The molecule has 446 valence electrons. The highest BCUT2D eigenvalue weighted by molar-refractivity contribution is 7.20. The van der Waals surface area contributed by atoms with Crippen LogP contribution in [0.2, 0.25) is 0 Å². The summed E-state index contributed by atoms with van der Waals surface area (Å²) in [5.74, 6) is 0. The predicted molar refractivity (Wildman–Crippen MR) is 406 cm³/mol. The van der Waals surface area contributed by atoms with Gasteiger partial charge < -0.3 is 14.4 Å². The number of hydrogen-bond donors (Lipinski definition) is 0. The summed E-state index contributed by atoms with van der Waals surface area (Å²) >= 11 is 0. The van der Waals surface area contributed by atoms with Gasteiger partial charge in [-0.2, -0.15) is 0 Å². The Balaban J connectivity index is 0.974. The number of nitrogens with zero attached hydrogens (tertiary/aromatic N) is 3. The van der Waals surface area contributed by atoms with E-state index >= 15 is 0 Å². The van der Waals surface area contributed by atoms with Crippen molar-refractivity contribution in [2.45, 2.75) is 26.2 Å². The second kappa shape index (κ2) is 23.0. The third-order valence-corrected chi connectivity index (χ3v) is 29.8. The first-order valence-corrected chi connectivity index (χ1v) is 36.9. The van der Waals surface area contributed by atoms with Crippen molar-refractivity contribution in [2.24, 2.45) is 0 Å². The molecule has 3 nitrogen and oxygen atoms in total. The SMILES string of the molecule is CC(C)(C)c1ccc(-c2cccc3c2B2c4ccccc4N(c4cccc([Si](c5ccccc5)(c5ccccc5)c5ccccc5)c4)c4cc(-n5c6ccccc6c6ccccc65)cc(c42)N3c2ccc([Si](c3ccccc3)(c3ccccc3)c3ccccc3)cc2)cc1. The van der Waals surface area contributed by atoms with E-state index in [0.29, 0.717) is 0 Å². The normalized spacial score (nSPS) is 12.8. The summed E-state index contributed by atoms with van der Waals surface area (Å²) in [5, 5.41) is 13.2. The van der Waals surface area contributed by atoms with Gasteiger partial charge in [-0.1, -0.05) is 318 Å². The number of benzene rings is 14. The second-order valence-corrected chi connectivity index (χ2v) is 33.9. The summed E-state index contributed by atoms with van der Waals surface area (Å²) in [6, 6.07) is 136. The zero-order valence-electron chi connectivity index (χ0n) is 53.0. The molecule has 0 saturated carbocycles. The van der Waals surface area contributed by atoms with Gasteiger partial charge in [-0.15, -0.1) is 0 Å². The van der Waals surface area contributed by atoms with Gasteiger partial charge in [-0.25, -0.2) is 0 Å². The minimum absolute atomic E-state index is 0.00396. The van der Waals surface area contributed by atoms with Gasteiger partial charge in [-0.05, 0) is 141 Å². The highest BCUT2D eigenvalue weighted by atomic mass is 28.3. The molecule has 0 fully saturated rings. The average Bonchev–Trinajstić information content (AvgIpc) is 0.790. The van der Waals surface area contributed by atoms with Crippen molar-refractivity contribution in [3.63, 3.8) is 0 Å². The second-order valence-electron chi connectivity index (χ2n) is 26.3. The first-order chi connectivity index (χ1) is 46.3. The zero-order valence-corrected chi connectivity index (χ0v) is 55.0. The van der Waals surface area contributed by atoms with E-state index in [-0.39, 0.29) is 12.1 Å². The first-order valence-electron chi connectivity index (χ1n) is 32.9. The summed E-state index contributed by atoms with van der Waals surface area (Å²) in [6.07, 6.45) is 0. The van der Waals surface area contributed by atoms with Gasteiger partial charge in [0.2, 0.25) is 0 Å². The Labute approximate surface area is 553 Å². The Morgan fingerprint density at radius 1 is 0.277 bits per heavy atom. The van der Waals surface area contributed by atoms with E-state index < -0.39 is 16.1 Å². The molecule has 0 aliphatic carbocycles. The number of aromatic nitrogens is 1. The van der Waals surface area contributed by atoms with E-state index in [9.17, 15) is 0 Å². The van der Waals surface area contributed by atoms with Gasteiger partial charge in [0.15, 0.2) is 16.1 Å². The van der Waals surface area contributed by atoms with Crippen molar-refractivity contribution in [2.75, 3.05) is 9.80 Å². The lowest BCUT2D eigenvalue weighted by atomic mass is 9.32. The average molecular weight is 1230 g/mol.